The van der Waals surface area contributed by atoms with Crippen LogP contribution in [-0.2, 0) is 17.6 Å². The first-order valence-electron chi connectivity index (χ1n) is 13.8. The van der Waals surface area contributed by atoms with Crippen LogP contribution in [0.2, 0.25) is 0 Å². The zero-order valence-electron chi connectivity index (χ0n) is 23.8. The molecule has 1 aliphatic rings. The van der Waals surface area contributed by atoms with Crippen LogP contribution >= 0.6 is 0 Å². The number of unbranched alkanes of at least 4 members (excludes halogenated alkanes) is 1. The summed E-state index contributed by atoms with van der Waals surface area (Å²) in [4.78, 5) is 13.8. The largest absolute Gasteiger partial charge is 0.493 e. The van der Waals surface area contributed by atoms with Gasteiger partial charge in [0.2, 0.25) is 5.91 Å². The molecule has 3 aromatic carbocycles. The van der Waals surface area contributed by atoms with Gasteiger partial charge in [0.15, 0.2) is 23.0 Å². The zero-order chi connectivity index (χ0) is 27.8. The molecule has 1 aliphatic carbocycles. The first-order valence-corrected chi connectivity index (χ1v) is 13.8. The van der Waals surface area contributed by atoms with Crippen molar-refractivity contribution in [2.75, 3.05) is 35.0 Å². The predicted octanol–water partition coefficient (Wildman–Crippen LogP) is 6.31. The fourth-order valence-corrected chi connectivity index (χ4v) is 5.93. The summed E-state index contributed by atoms with van der Waals surface area (Å²) in [6, 6.07) is 20.5. The minimum atomic E-state index is -0.269. The van der Waals surface area contributed by atoms with Gasteiger partial charge in [-0.1, -0.05) is 49.7 Å². The zero-order valence-corrected chi connectivity index (χ0v) is 23.8. The summed E-state index contributed by atoms with van der Waals surface area (Å²) in [6.07, 6.45) is 4.51. The molecule has 0 fully saturated rings. The normalized spacial score (nSPS) is 17.1. The van der Waals surface area contributed by atoms with Crippen molar-refractivity contribution in [1.82, 2.24) is 5.32 Å². The third kappa shape index (κ3) is 6.32. The molecule has 0 spiro atoms. The fourth-order valence-electron chi connectivity index (χ4n) is 5.93. The van der Waals surface area contributed by atoms with E-state index in [9.17, 15) is 4.79 Å². The van der Waals surface area contributed by atoms with E-state index < -0.39 is 0 Å². The molecule has 4 rings (SSSR count). The average Bonchev–Trinajstić information content (AvgIpc) is 2.98. The lowest BCUT2D eigenvalue weighted by Crippen LogP contribution is -2.38. The second-order valence-corrected chi connectivity index (χ2v) is 10.1. The molecule has 208 valence electrons. The molecular weight excluding hydrogens is 490 g/mol. The molecule has 3 unspecified atom stereocenters. The van der Waals surface area contributed by atoms with Gasteiger partial charge >= 0.3 is 0 Å². The molecule has 1 amide bonds. The highest BCUT2D eigenvalue weighted by Gasteiger charge is 2.40. The highest BCUT2D eigenvalue weighted by molar-refractivity contribution is 5.84. The van der Waals surface area contributed by atoms with E-state index in [4.69, 9.17) is 18.9 Å². The van der Waals surface area contributed by atoms with Crippen molar-refractivity contribution in [2.24, 2.45) is 5.92 Å². The van der Waals surface area contributed by atoms with Crippen molar-refractivity contribution in [3.63, 3.8) is 0 Å². The lowest BCUT2D eigenvalue weighted by Gasteiger charge is -2.39. The van der Waals surface area contributed by atoms with E-state index in [1.807, 2.05) is 30.3 Å². The van der Waals surface area contributed by atoms with Gasteiger partial charge in [0, 0.05) is 6.54 Å². The Morgan fingerprint density at radius 1 is 0.872 bits per heavy atom. The summed E-state index contributed by atoms with van der Waals surface area (Å²) < 4.78 is 22.4. The van der Waals surface area contributed by atoms with E-state index in [1.54, 1.807) is 28.4 Å². The van der Waals surface area contributed by atoms with Crippen LogP contribution in [0.3, 0.4) is 0 Å². The van der Waals surface area contributed by atoms with Crippen LogP contribution in [-0.4, -0.2) is 40.9 Å². The van der Waals surface area contributed by atoms with Gasteiger partial charge in [-0.05, 0) is 84.0 Å². The van der Waals surface area contributed by atoms with E-state index >= 15 is 0 Å². The summed E-state index contributed by atoms with van der Waals surface area (Å²) in [5.74, 6) is 2.84. The quantitative estimate of drug-likeness (QED) is 0.278. The number of aryl methyl sites for hydroxylation is 1. The van der Waals surface area contributed by atoms with Gasteiger partial charge in [-0.2, -0.15) is 0 Å². The Balaban J connectivity index is 1.81. The summed E-state index contributed by atoms with van der Waals surface area (Å²) in [6.45, 7) is 2.83. The Morgan fingerprint density at radius 3 is 2.21 bits per heavy atom. The molecule has 1 N–H and O–H groups in total. The SMILES string of the molecule is CCCCNC(=O)C(c1ccccc1)C1CCc2cc(OC)c(OC)cc2C1Cc1ccc(OC)c(OC)c1. The number of fused-ring (bicyclic) bond motifs is 1. The third-order valence-electron chi connectivity index (χ3n) is 7.91. The smallest absolute Gasteiger partial charge is 0.227 e. The molecule has 3 aromatic rings. The summed E-state index contributed by atoms with van der Waals surface area (Å²) in [5.41, 5.74) is 4.63. The predicted molar refractivity (Wildman–Crippen MR) is 154 cm³/mol. The van der Waals surface area contributed by atoms with E-state index in [0.29, 0.717) is 23.8 Å². The number of hydrogen-bond acceptors (Lipinski definition) is 5. The molecule has 0 saturated heterocycles. The maximum Gasteiger partial charge on any atom is 0.227 e. The minimum Gasteiger partial charge on any atom is -0.493 e. The number of benzene rings is 3. The molecule has 39 heavy (non-hydrogen) atoms. The Morgan fingerprint density at radius 2 is 1.54 bits per heavy atom. The molecule has 6 nitrogen and oxygen atoms in total. The van der Waals surface area contributed by atoms with Crippen molar-refractivity contribution in [1.29, 1.82) is 0 Å². The van der Waals surface area contributed by atoms with Gasteiger partial charge in [-0.15, -0.1) is 0 Å². The minimum absolute atomic E-state index is 0.0776. The Kier molecular flexibility index (Phi) is 9.74. The van der Waals surface area contributed by atoms with E-state index in [-0.39, 0.29) is 23.7 Å². The number of hydrogen-bond donors (Lipinski definition) is 1. The number of nitrogens with one attached hydrogen (secondary N) is 1. The molecule has 0 heterocycles. The second-order valence-electron chi connectivity index (χ2n) is 10.1. The number of ether oxygens (including phenoxy) is 4. The van der Waals surface area contributed by atoms with Crippen LogP contribution in [0.1, 0.15) is 60.3 Å². The molecule has 0 bridgehead atoms. The molecular formula is C33H41NO5. The molecule has 6 heteroatoms. The lowest BCUT2D eigenvalue weighted by atomic mass is 9.65. The van der Waals surface area contributed by atoms with Crippen LogP contribution < -0.4 is 24.3 Å². The van der Waals surface area contributed by atoms with E-state index in [1.165, 1.54) is 11.1 Å². The number of amides is 1. The van der Waals surface area contributed by atoms with Crippen molar-refractivity contribution < 1.29 is 23.7 Å². The number of carbonyl (C=O) groups excluding carboxylic acids is 1. The number of rotatable bonds is 12. The summed E-state index contributed by atoms with van der Waals surface area (Å²) in [7, 11) is 6.64. The second kappa shape index (κ2) is 13.4. The lowest BCUT2D eigenvalue weighted by molar-refractivity contribution is -0.124. The maximum atomic E-state index is 13.8. The standard InChI is InChI=1S/C33H41NO5/c1-6-7-17-34-33(35)32(23-11-9-8-10-12-23)25-15-14-24-20-30(38-4)31(39-5)21-26(24)27(25)18-22-13-16-28(36-2)29(19-22)37-3/h8-13,16,19-21,25,27,32H,6-7,14-15,17-18H2,1-5H3,(H,34,35). The van der Waals surface area contributed by atoms with Gasteiger partial charge < -0.3 is 24.3 Å². The molecule has 0 saturated carbocycles. The molecule has 0 aromatic heterocycles. The van der Waals surface area contributed by atoms with Crippen LogP contribution in [0, 0.1) is 5.92 Å². The van der Waals surface area contributed by atoms with Crippen molar-refractivity contribution in [2.45, 2.75) is 50.9 Å². The Bertz CT molecular complexity index is 1240. The van der Waals surface area contributed by atoms with Crippen molar-refractivity contribution in [3.05, 3.63) is 82.9 Å². The van der Waals surface area contributed by atoms with Crippen LogP contribution in [0.15, 0.2) is 60.7 Å². The molecule has 0 aliphatic heterocycles. The van der Waals surface area contributed by atoms with Crippen molar-refractivity contribution >= 4 is 5.91 Å². The van der Waals surface area contributed by atoms with Gasteiger partial charge in [0.1, 0.15) is 0 Å². The monoisotopic (exact) mass is 531 g/mol. The van der Waals surface area contributed by atoms with Gasteiger partial charge in [0.05, 0.1) is 34.4 Å². The summed E-state index contributed by atoms with van der Waals surface area (Å²) in [5, 5.41) is 3.24. The Labute approximate surface area is 232 Å². The van der Waals surface area contributed by atoms with E-state index in [2.05, 4.69) is 42.6 Å². The average molecular weight is 532 g/mol. The van der Waals surface area contributed by atoms with Crippen LogP contribution in [0.4, 0.5) is 0 Å². The highest BCUT2D eigenvalue weighted by atomic mass is 16.5. The highest BCUT2D eigenvalue weighted by Crippen LogP contribution is 2.48. The Hall–Kier alpha value is -3.67. The summed E-state index contributed by atoms with van der Waals surface area (Å²) >= 11 is 0. The third-order valence-corrected chi connectivity index (χ3v) is 7.91. The van der Waals surface area contributed by atoms with Gasteiger partial charge in [-0.3, -0.25) is 4.79 Å². The molecule has 0 radical (unpaired) electrons. The van der Waals surface area contributed by atoms with E-state index in [0.717, 1.165) is 49.0 Å². The number of methoxy groups -OCH3 is 4. The van der Waals surface area contributed by atoms with Crippen LogP contribution in [0.25, 0.3) is 0 Å². The first-order chi connectivity index (χ1) is 19.0. The first kappa shape index (κ1) is 28.3. The number of carbonyl (C=O) groups is 1. The van der Waals surface area contributed by atoms with Gasteiger partial charge in [-0.25, -0.2) is 0 Å². The van der Waals surface area contributed by atoms with Gasteiger partial charge in [0.25, 0.3) is 0 Å². The fraction of sp³-hybridized carbons (Fsp3) is 0.424. The molecule has 3 atom stereocenters. The topological polar surface area (TPSA) is 66.0 Å². The van der Waals surface area contributed by atoms with Crippen molar-refractivity contribution in [3.8, 4) is 23.0 Å². The maximum absolute atomic E-state index is 13.8. The van der Waals surface area contributed by atoms with Crippen LogP contribution in [0.5, 0.6) is 23.0 Å².